The summed E-state index contributed by atoms with van der Waals surface area (Å²) < 4.78 is 0. The van der Waals surface area contributed by atoms with Gasteiger partial charge in [-0.05, 0) is 49.8 Å². The lowest BCUT2D eigenvalue weighted by atomic mass is 9.89. The zero-order valence-electron chi connectivity index (χ0n) is 17.0. The molecule has 0 bridgehead atoms. The first-order chi connectivity index (χ1) is 14.1. The highest BCUT2D eigenvalue weighted by atomic mass is 32.1. The van der Waals surface area contributed by atoms with Crippen LogP contribution in [0.3, 0.4) is 0 Å². The maximum atomic E-state index is 12.9. The molecule has 0 amide bonds. The summed E-state index contributed by atoms with van der Waals surface area (Å²) in [6.45, 7) is 8.16. The van der Waals surface area contributed by atoms with Crippen molar-refractivity contribution < 1.29 is 0 Å². The maximum Gasteiger partial charge on any atom is 0.259 e. The van der Waals surface area contributed by atoms with E-state index in [0.29, 0.717) is 5.92 Å². The van der Waals surface area contributed by atoms with Crippen LogP contribution in [-0.4, -0.2) is 46.0 Å². The molecule has 1 fully saturated rings. The molecule has 1 N–H and O–H groups in total. The summed E-state index contributed by atoms with van der Waals surface area (Å²) in [5.41, 5.74) is 1.29. The highest BCUT2D eigenvalue weighted by Gasteiger charge is 2.27. The van der Waals surface area contributed by atoms with Gasteiger partial charge in [-0.25, -0.2) is 9.97 Å². The van der Waals surface area contributed by atoms with E-state index in [1.165, 1.54) is 10.4 Å². The van der Waals surface area contributed by atoms with Gasteiger partial charge in [0.2, 0.25) is 0 Å². The Bertz CT molecular complexity index is 1070. The molecule has 5 rings (SSSR count). The van der Waals surface area contributed by atoms with E-state index < -0.39 is 0 Å². The van der Waals surface area contributed by atoms with Crippen LogP contribution in [0.5, 0.6) is 0 Å². The first kappa shape index (κ1) is 18.8. The lowest BCUT2D eigenvalue weighted by Crippen LogP contribution is -2.47. The van der Waals surface area contributed by atoms with E-state index in [4.69, 9.17) is 4.98 Å². The van der Waals surface area contributed by atoms with Gasteiger partial charge in [-0.15, -0.1) is 11.3 Å². The van der Waals surface area contributed by atoms with Gasteiger partial charge in [-0.2, -0.15) is 0 Å². The quantitative estimate of drug-likeness (QED) is 0.718. The predicted octanol–water partition coefficient (Wildman–Crippen LogP) is 3.39. The number of pyridine rings is 1. The monoisotopic (exact) mass is 409 g/mol. The molecule has 3 aromatic heterocycles. The van der Waals surface area contributed by atoms with E-state index in [0.717, 1.165) is 67.3 Å². The number of H-pyrrole nitrogens is 1. The van der Waals surface area contributed by atoms with Gasteiger partial charge in [0.1, 0.15) is 16.5 Å². The molecule has 29 heavy (non-hydrogen) atoms. The number of aromatic amines is 1. The number of anilines is 1. The molecule has 0 radical (unpaired) electrons. The first-order valence-electron chi connectivity index (χ1n) is 10.5. The fraction of sp³-hybridized carbons (Fsp3) is 0.500. The van der Waals surface area contributed by atoms with E-state index in [1.807, 2.05) is 18.3 Å². The minimum Gasteiger partial charge on any atom is -0.354 e. The number of rotatable bonds is 3. The summed E-state index contributed by atoms with van der Waals surface area (Å²) in [6.07, 6.45) is 5.09. The number of hydrogen-bond acceptors (Lipinski definition) is 6. The summed E-state index contributed by atoms with van der Waals surface area (Å²) >= 11 is 1.73. The molecule has 1 aliphatic heterocycles. The number of aryl methyl sites for hydroxylation is 1. The zero-order valence-corrected chi connectivity index (χ0v) is 17.8. The Balaban J connectivity index is 1.36. The van der Waals surface area contributed by atoms with Gasteiger partial charge in [0, 0.05) is 37.3 Å². The molecule has 6 nitrogen and oxygen atoms in total. The van der Waals surface area contributed by atoms with Crippen LogP contribution in [0.25, 0.3) is 10.2 Å². The van der Waals surface area contributed by atoms with Crippen molar-refractivity contribution in [2.24, 2.45) is 5.92 Å². The largest absolute Gasteiger partial charge is 0.354 e. The Morgan fingerprint density at radius 1 is 1.24 bits per heavy atom. The number of piperazine rings is 1. The molecule has 152 valence electrons. The van der Waals surface area contributed by atoms with Gasteiger partial charge >= 0.3 is 0 Å². The van der Waals surface area contributed by atoms with Gasteiger partial charge in [0.25, 0.3) is 5.56 Å². The number of fused-ring (bicyclic) bond motifs is 3. The molecule has 2 aliphatic rings. The summed E-state index contributed by atoms with van der Waals surface area (Å²) in [5, 5.41) is 0.841. The summed E-state index contributed by atoms with van der Waals surface area (Å²) in [4.78, 5) is 32.4. The van der Waals surface area contributed by atoms with Crippen molar-refractivity contribution in [2.75, 3.05) is 31.1 Å². The second-order valence-electron chi connectivity index (χ2n) is 8.37. The van der Waals surface area contributed by atoms with Crippen molar-refractivity contribution in [1.82, 2.24) is 19.9 Å². The van der Waals surface area contributed by atoms with Crippen LogP contribution >= 0.6 is 11.3 Å². The van der Waals surface area contributed by atoms with E-state index in [2.05, 4.69) is 39.7 Å². The third-order valence-electron chi connectivity index (χ3n) is 6.41. The lowest BCUT2D eigenvalue weighted by molar-refractivity contribution is 0.191. The van der Waals surface area contributed by atoms with Crippen LogP contribution in [0, 0.1) is 5.92 Å². The summed E-state index contributed by atoms with van der Waals surface area (Å²) in [5.74, 6) is 2.52. The highest BCUT2D eigenvalue weighted by Crippen LogP contribution is 2.36. The van der Waals surface area contributed by atoms with Crippen molar-refractivity contribution >= 4 is 27.4 Å². The molecule has 0 aromatic carbocycles. The average Bonchev–Trinajstić information content (AvgIpc) is 3.11. The van der Waals surface area contributed by atoms with Crippen LogP contribution in [0.2, 0.25) is 0 Å². The lowest BCUT2D eigenvalue weighted by Gasteiger charge is -2.38. The number of thiophene rings is 1. The van der Waals surface area contributed by atoms with Crippen LogP contribution in [0.1, 0.15) is 42.6 Å². The molecule has 7 heteroatoms. The SMILES string of the molecule is C[C@@H]1CCc2c(sc3nc([C@@H](C)N4CCN(c5ccccn5)CC4)[nH]c(=O)c23)C1. The normalized spacial score (nSPS) is 21.3. The van der Waals surface area contributed by atoms with Crippen molar-refractivity contribution in [3.05, 3.63) is 51.0 Å². The first-order valence-corrected chi connectivity index (χ1v) is 11.4. The molecule has 3 aromatic rings. The van der Waals surface area contributed by atoms with Crippen molar-refractivity contribution in [2.45, 2.75) is 39.2 Å². The number of hydrogen-bond donors (Lipinski definition) is 1. The Kier molecular flexibility index (Phi) is 4.87. The van der Waals surface area contributed by atoms with Crippen molar-refractivity contribution in [3.8, 4) is 0 Å². The molecule has 0 spiro atoms. The molecule has 4 heterocycles. The van der Waals surface area contributed by atoms with Gasteiger partial charge < -0.3 is 9.88 Å². The van der Waals surface area contributed by atoms with Crippen molar-refractivity contribution in [1.29, 1.82) is 0 Å². The van der Waals surface area contributed by atoms with Crippen LogP contribution < -0.4 is 10.5 Å². The van der Waals surface area contributed by atoms with E-state index in [9.17, 15) is 4.79 Å². The number of nitrogens with one attached hydrogen (secondary N) is 1. The second kappa shape index (κ2) is 7.54. The minimum absolute atomic E-state index is 0.0380. The smallest absolute Gasteiger partial charge is 0.259 e. The highest BCUT2D eigenvalue weighted by molar-refractivity contribution is 7.18. The van der Waals surface area contributed by atoms with Crippen molar-refractivity contribution in [3.63, 3.8) is 0 Å². The molecule has 0 saturated carbocycles. The molecule has 1 saturated heterocycles. The average molecular weight is 410 g/mol. The van der Waals surface area contributed by atoms with Crippen LogP contribution in [0.4, 0.5) is 5.82 Å². The van der Waals surface area contributed by atoms with Gasteiger partial charge in [0.05, 0.1) is 11.4 Å². The molecular formula is C22H27N5OS. The van der Waals surface area contributed by atoms with Gasteiger partial charge in [-0.1, -0.05) is 13.0 Å². The zero-order chi connectivity index (χ0) is 20.0. The van der Waals surface area contributed by atoms with Crippen LogP contribution in [-0.2, 0) is 12.8 Å². The van der Waals surface area contributed by atoms with Gasteiger partial charge in [-0.3, -0.25) is 9.69 Å². The Labute approximate surface area is 174 Å². The Morgan fingerprint density at radius 3 is 2.83 bits per heavy atom. The third kappa shape index (κ3) is 3.46. The minimum atomic E-state index is 0.0380. The van der Waals surface area contributed by atoms with Gasteiger partial charge in [0.15, 0.2) is 0 Å². The predicted molar refractivity (Wildman–Crippen MR) is 118 cm³/mol. The fourth-order valence-electron chi connectivity index (χ4n) is 4.62. The second-order valence-corrected chi connectivity index (χ2v) is 9.45. The van der Waals surface area contributed by atoms with E-state index >= 15 is 0 Å². The van der Waals surface area contributed by atoms with E-state index in [1.54, 1.807) is 11.3 Å². The third-order valence-corrected chi connectivity index (χ3v) is 7.56. The van der Waals surface area contributed by atoms with Crippen LogP contribution in [0.15, 0.2) is 29.2 Å². The molecule has 0 unspecified atom stereocenters. The Morgan fingerprint density at radius 2 is 2.07 bits per heavy atom. The summed E-state index contributed by atoms with van der Waals surface area (Å²) in [7, 11) is 0. The molecule has 1 aliphatic carbocycles. The number of aromatic nitrogens is 3. The molecular weight excluding hydrogens is 382 g/mol. The standard InChI is InChI=1S/C22H27N5OS/c1-14-6-7-16-17(13-14)29-22-19(16)21(28)24-20(25-22)15(2)26-9-11-27(12-10-26)18-5-3-4-8-23-18/h3-5,8,14-15H,6-7,9-13H2,1-2H3,(H,24,25,28)/t14-,15-/m1/s1. The van der Waals surface area contributed by atoms with E-state index in [-0.39, 0.29) is 11.6 Å². The number of nitrogens with zero attached hydrogens (tertiary/aromatic N) is 4. The maximum absolute atomic E-state index is 12.9. The Hall–Kier alpha value is -2.25. The molecule has 2 atom stereocenters. The topological polar surface area (TPSA) is 65.1 Å². The fourth-order valence-corrected chi connectivity index (χ4v) is 6.01. The summed E-state index contributed by atoms with van der Waals surface area (Å²) in [6, 6.07) is 6.13.